The van der Waals surface area contributed by atoms with Gasteiger partial charge in [0.15, 0.2) is 0 Å². The molecule has 104 valence electrons. The Hall–Kier alpha value is -1.09. The van der Waals surface area contributed by atoms with Gasteiger partial charge in [0.1, 0.15) is 5.82 Å². The number of rotatable bonds is 4. The molecule has 2 fully saturated rings. The average Bonchev–Trinajstić information content (AvgIpc) is 3.13. The first-order valence-corrected chi connectivity index (χ1v) is 7.39. The Balaban J connectivity index is 1.73. The molecule has 0 radical (unpaired) electrons. The van der Waals surface area contributed by atoms with Crippen molar-refractivity contribution >= 4 is 5.69 Å². The molecule has 1 aliphatic carbocycles. The van der Waals surface area contributed by atoms with E-state index in [4.69, 9.17) is 0 Å². The van der Waals surface area contributed by atoms with Gasteiger partial charge in [0.05, 0.1) is 0 Å². The lowest BCUT2D eigenvalue weighted by molar-refractivity contribution is 0.494. The summed E-state index contributed by atoms with van der Waals surface area (Å²) in [6.45, 7) is 7.42. The second-order valence-corrected chi connectivity index (χ2v) is 6.33. The van der Waals surface area contributed by atoms with E-state index in [9.17, 15) is 4.39 Å². The van der Waals surface area contributed by atoms with Crippen LogP contribution in [-0.4, -0.2) is 19.1 Å². The second-order valence-electron chi connectivity index (χ2n) is 6.33. The summed E-state index contributed by atoms with van der Waals surface area (Å²) in [5.41, 5.74) is 2.11. The van der Waals surface area contributed by atoms with E-state index in [0.29, 0.717) is 17.9 Å². The predicted octanol–water partition coefficient (Wildman–Crippen LogP) is 3.17. The van der Waals surface area contributed by atoms with Crippen molar-refractivity contribution in [3.05, 3.63) is 29.6 Å². The highest BCUT2D eigenvalue weighted by atomic mass is 19.1. The van der Waals surface area contributed by atoms with Crippen molar-refractivity contribution in [3.63, 3.8) is 0 Å². The molecule has 3 heteroatoms. The van der Waals surface area contributed by atoms with Gasteiger partial charge in [-0.3, -0.25) is 0 Å². The van der Waals surface area contributed by atoms with Gasteiger partial charge >= 0.3 is 0 Å². The summed E-state index contributed by atoms with van der Waals surface area (Å²) >= 11 is 0. The molecule has 1 N–H and O–H groups in total. The van der Waals surface area contributed by atoms with Crippen LogP contribution >= 0.6 is 0 Å². The quantitative estimate of drug-likeness (QED) is 0.896. The molecule has 3 rings (SSSR count). The van der Waals surface area contributed by atoms with E-state index >= 15 is 0 Å². The fourth-order valence-corrected chi connectivity index (χ4v) is 2.81. The molecular weight excluding hydrogens is 239 g/mol. The number of hydrogen-bond donors (Lipinski definition) is 1. The van der Waals surface area contributed by atoms with Gasteiger partial charge in [0, 0.05) is 31.4 Å². The largest absolute Gasteiger partial charge is 0.371 e. The van der Waals surface area contributed by atoms with Crippen molar-refractivity contribution in [2.24, 2.45) is 11.8 Å². The molecule has 19 heavy (non-hydrogen) atoms. The van der Waals surface area contributed by atoms with Gasteiger partial charge in [-0.1, -0.05) is 13.8 Å². The first kappa shape index (κ1) is 12.9. The highest BCUT2D eigenvalue weighted by molar-refractivity contribution is 5.50. The van der Waals surface area contributed by atoms with Crippen molar-refractivity contribution in [1.29, 1.82) is 0 Å². The van der Waals surface area contributed by atoms with E-state index in [1.165, 1.54) is 12.8 Å². The number of benzene rings is 1. The minimum absolute atomic E-state index is 0.114. The Morgan fingerprint density at radius 3 is 2.47 bits per heavy atom. The molecule has 2 aliphatic rings. The Kier molecular flexibility index (Phi) is 3.48. The first-order chi connectivity index (χ1) is 9.11. The maximum absolute atomic E-state index is 13.8. The van der Waals surface area contributed by atoms with Crippen LogP contribution in [-0.2, 0) is 6.54 Å². The molecule has 2 atom stereocenters. The van der Waals surface area contributed by atoms with Crippen molar-refractivity contribution in [1.82, 2.24) is 5.32 Å². The Morgan fingerprint density at radius 1 is 1.16 bits per heavy atom. The zero-order valence-corrected chi connectivity index (χ0v) is 11.8. The summed E-state index contributed by atoms with van der Waals surface area (Å²) in [4.78, 5) is 2.32. The molecule has 1 aromatic rings. The van der Waals surface area contributed by atoms with Gasteiger partial charge in [-0.2, -0.15) is 0 Å². The minimum Gasteiger partial charge on any atom is -0.371 e. The minimum atomic E-state index is -0.114. The predicted molar refractivity (Wildman–Crippen MR) is 76.8 cm³/mol. The summed E-state index contributed by atoms with van der Waals surface area (Å²) in [6.07, 6.45) is 2.53. The lowest BCUT2D eigenvalue weighted by Gasteiger charge is -2.19. The summed E-state index contributed by atoms with van der Waals surface area (Å²) in [7, 11) is 0. The lowest BCUT2D eigenvalue weighted by Crippen LogP contribution is -2.21. The third-order valence-electron chi connectivity index (χ3n) is 4.47. The molecule has 1 saturated heterocycles. The summed E-state index contributed by atoms with van der Waals surface area (Å²) in [5.74, 6) is 1.27. The molecule has 0 spiro atoms. The number of nitrogens with zero attached hydrogens (tertiary/aromatic N) is 1. The van der Waals surface area contributed by atoms with Crippen molar-refractivity contribution < 1.29 is 4.39 Å². The van der Waals surface area contributed by atoms with E-state index in [1.807, 2.05) is 0 Å². The number of hydrogen-bond acceptors (Lipinski definition) is 2. The summed E-state index contributed by atoms with van der Waals surface area (Å²) in [5, 5.41) is 3.45. The Morgan fingerprint density at radius 2 is 1.84 bits per heavy atom. The smallest absolute Gasteiger partial charge is 0.125 e. The molecule has 1 saturated carbocycles. The maximum atomic E-state index is 13.8. The molecule has 0 bridgehead atoms. The van der Waals surface area contributed by atoms with E-state index in [0.717, 1.165) is 30.9 Å². The van der Waals surface area contributed by atoms with Gasteiger partial charge < -0.3 is 10.2 Å². The fourth-order valence-electron chi connectivity index (χ4n) is 2.81. The van der Waals surface area contributed by atoms with Crippen LogP contribution in [0.4, 0.5) is 10.1 Å². The normalized spacial score (nSPS) is 27.0. The zero-order chi connectivity index (χ0) is 13.4. The number of nitrogens with one attached hydrogen (secondary N) is 1. The molecule has 1 aromatic carbocycles. The van der Waals surface area contributed by atoms with Gasteiger partial charge in [-0.25, -0.2) is 4.39 Å². The monoisotopic (exact) mass is 262 g/mol. The van der Waals surface area contributed by atoms with Crippen LogP contribution in [0.25, 0.3) is 0 Å². The highest BCUT2D eigenvalue weighted by Gasteiger charge is 2.26. The topological polar surface area (TPSA) is 15.3 Å². The third kappa shape index (κ3) is 3.08. The van der Waals surface area contributed by atoms with Crippen LogP contribution in [0.1, 0.15) is 32.3 Å². The Bertz CT molecular complexity index is 446. The summed E-state index contributed by atoms with van der Waals surface area (Å²) < 4.78 is 13.8. The summed E-state index contributed by atoms with van der Waals surface area (Å²) in [6, 6.07) is 6.13. The van der Waals surface area contributed by atoms with E-state index in [2.05, 4.69) is 30.1 Å². The van der Waals surface area contributed by atoms with E-state index in [-0.39, 0.29) is 5.82 Å². The molecule has 0 aromatic heterocycles. The van der Waals surface area contributed by atoms with Crippen molar-refractivity contribution in [3.8, 4) is 0 Å². The molecule has 1 aliphatic heterocycles. The molecule has 2 nitrogen and oxygen atoms in total. The first-order valence-electron chi connectivity index (χ1n) is 7.39. The highest BCUT2D eigenvalue weighted by Crippen LogP contribution is 2.29. The van der Waals surface area contributed by atoms with Crippen LogP contribution in [0, 0.1) is 17.7 Å². The zero-order valence-electron chi connectivity index (χ0n) is 11.8. The van der Waals surface area contributed by atoms with Crippen LogP contribution in [0.3, 0.4) is 0 Å². The average molecular weight is 262 g/mol. The van der Waals surface area contributed by atoms with Gasteiger partial charge in [-0.15, -0.1) is 0 Å². The second kappa shape index (κ2) is 5.12. The Labute approximate surface area is 115 Å². The van der Waals surface area contributed by atoms with Crippen LogP contribution < -0.4 is 10.2 Å². The van der Waals surface area contributed by atoms with Crippen LogP contribution in [0.5, 0.6) is 0 Å². The van der Waals surface area contributed by atoms with Crippen LogP contribution in [0.15, 0.2) is 18.2 Å². The van der Waals surface area contributed by atoms with Gasteiger partial charge in [0.2, 0.25) is 0 Å². The third-order valence-corrected chi connectivity index (χ3v) is 4.47. The maximum Gasteiger partial charge on any atom is 0.125 e. The SMILES string of the molecule is CC1CN(c2cc(F)cc(CNC3CC3)c2)CC1C. The van der Waals surface area contributed by atoms with Gasteiger partial charge in [0.25, 0.3) is 0 Å². The molecule has 0 amide bonds. The molecule has 1 heterocycles. The van der Waals surface area contributed by atoms with E-state index in [1.54, 1.807) is 12.1 Å². The fraction of sp³-hybridized carbons (Fsp3) is 0.625. The van der Waals surface area contributed by atoms with Crippen molar-refractivity contribution in [2.75, 3.05) is 18.0 Å². The standard InChI is InChI=1S/C16H23FN2/c1-11-9-19(10-12(11)2)16-6-13(5-14(17)7-16)8-18-15-3-4-15/h5-7,11-12,15,18H,3-4,8-10H2,1-2H3. The van der Waals surface area contributed by atoms with Crippen LogP contribution in [0.2, 0.25) is 0 Å². The molecule has 2 unspecified atom stereocenters. The lowest BCUT2D eigenvalue weighted by atomic mass is 10.0. The van der Waals surface area contributed by atoms with Crippen molar-refractivity contribution in [2.45, 2.75) is 39.3 Å². The molecular formula is C16H23FN2. The van der Waals surface area contributed by atoms with E-state index < -0.39 is 0 Å². The van der Waals surface area contributed by atoms with Gasteiger partial charge in [-0.05, 0) is 48.4 Å². The number of anilines is 1. The number of halogens is 1.